The number of para-hydroxylation sites is 1. The second-order valence-corrected chi connectivity index (χ2v) is 6.15. The topological polar surface area (TPSA) is 64.5 Å². The Hall–Kier alpha value is -2.63. The number of carbonyl (C=O) groups excluding carboxylic acids is 1. The predicted molar refractivity (Wildman–Crippen MR) is 93.7 cm³/mol. The maximum Gasteiger partial charge on any atom is 0.227 e. The number of methoxy groups -OCH3 is 1. The number of nitrogens with zero attached hydrogens (tertiary/aromatic N) is 3. The standard InChI is InChI=1S/C19H23N3O3/c1-14-20-10-9-18(21-14)25-16-7-5-11-22(13-16)19(23)12-15-6-3-4-8-17(15)24-2/h3-4,6,8-10,16H,5,7,11-13H2,1-2H3. The van der Waals surface area contributed by atoms with E-state index >= 15 is 0 Å². The van der Waals surface area contributed by atoms with Crippen LogP contribution in [0.1, 0.15) is 24.2 Å². The molecule has 132 valence electrons. The van der Waals surface area contributed by atoms with Gasteiger partial charge in [-0.1, -0.05) is 18.2 Å². The largest absolute Gasteiger partial charge is 0.496 e. The molecule has 6 heteroatoms. The zero-order valence-corrected chi connectivity index (χ0v) is 14.6. The molecule has 1 aliphatic rings. The summed E-state index contributed by atoms with van der Waals surface area (Å²) >= 11 is 0. The van der Waals surface area contributed by atoms with Gasteiger partial charge in [0.2, 0.25) is 11.8 Å². The van der Waals surface area contributed by atoms with Crippen LogP contribution < -0.4 is 9.47 Å². The Kier molecular flexibility index (Phi) is 5.48. The number of rotatable bonds is 5. The molecule has 3 rings (SSSR count). The van der Waals surface area contributed by atoms with Gasteiger partial charge < -0.3 is 14.4 Å². The van der Waals surface area contributed by atoms with Crippen molar-refractivity contribution in [3.63, 3.8) is 0 Å². The molecule has 25 heavy (non-hydrogen) atoms. The highest BCUT2D eigenvalue weighted by Crippen LogP contribution is 2.21. The van der Waals surface area contributed by atoms with Crippen molar-refractivity contribution >= 4 is 5.91 Å². The molecule has 1 aromatic carbocycles. The molecule has 2 heterocycles. The molecule has 1 saturated heterocycles. The smallest absolute Gasteiger partial charge is 0.227 e. The van der Waals surface area contributed by atoms with Crippen molar-refractivity contribution in [1.82, 2.24) is 14.9 Å². The van der Waals surface area contributed by atoms with Gasteiger partial charge in [0.25, 0.3) is 0 Å². The first kappa shape index (κ1) is 17.2. The van der Waals surface area contributed by atoms with Crippen LogP contribution in [0, 0.1) is 6.92 Å². The van der Waals surface area contributed by atoms with Gasteiger partial charge in [-0.25, -0.2) is 4.98 Å². The molecule has 6 nitrogen and oxygen atoms in total. The third-order valence-electron chi connectivity index (χ3n) is 4.30. The van der Waals surface area contributed by atoms with Crippen molar-refractivity contribution in [3.8, 4) is 11.6 Å². The summed E-state index contributed by atoms with van der Waals surface area (Å²) in [5.41, 5.74) is 0.907. The third-order valence-corrected chi connectivity index (χ3v) is 4.30. The van der Waals surface area contributed by atoms with E-state index in [1.165, 1.54) is 0 Å². The first-order chi connectivity index (χ1) is 12.2. The van der Waals surface area contributed by atoms with E-state index in [0.29, 0.717) is 24.7 Å². The fourth-order valence-electron chi connectivity index (χ4n) is 3.06. The summed E-state index contributed by atoms with van der Waals surface area (Å²) < 4.78 is 11.3. The summed E-state index contributed by atoms with van der Waals surface area (Å²) in [6.45, 7) is 3.17. The van der Waals surface area contributed by atoms with Crippen molar-refractivity contribution in [2.24, 2.45) is 0 Å². The van der Waals surface area contributed by atoms with Gasteiger partial charge in [-0.05, 0) is 25.8 Å². The molecular formula is C19H23N3O3. The van der Waals surface area contributed by atoms with Gasteiger partial charge in [-0.15, -0.1) is 0 Å². The highest BCUT2D eigenvalue weighted by atomic mass is 16.5. The van der Waals surface area contributed by atoms with Crippen molar-refractivity contribution in [2.75, 3.05) is 20.2 Å². The van der Waals surface area contributed by atoms with Gasteiger partial charge in [0.1, 0.15) is 17.7 Å². The number of hydrogen-bond donors (Lipinski definition) is 0. The van der Waals surface area contributed by atoms with Gasteiger partial charge in [-0.3, -0.25) is 4.79 Å². The molecule has 1 aromatic heterocycles. The number of likely N-dealkylation sites (tertiary alicyclic amines) is 1. The molecule has 1 atom stereocenters. The van der Waals surface area contributed by atoms with E-state index in [1.54, 1.807) is 19.4 Å². The highest BCUT2D eigenvalue weighted by molar-refractivity contribution is 5.79. The molecule has 0 aliphatic carbocycles. The lowest BCUT2D eigenvalue weighted by Gasteiger charge is -2.32. The van der Waals surface area contributed by atoms with Crippen LogP contribution in [0.2, 0.25) is 0 Å². The van der Waals surface area contributed by atoms with Crippen LogP contribution in [0.3, 0.4) is 0 Å². The second-order valence-electron chi connectivity index (χ2n) is 6.15. The number of amides is 1. The molecular weight excluding hydrogens is 318 g/mol. The van der Waals surface area contributed by atoms with Crippen LogP contribution in [-0.2, 0) is 11.2 Å². The highest BCUT2D eigenvalue weighted by Gasteiger charge is 2.25. The summed E-state index contributed by atoms with van der Waals surface area (Å²) in [6.07, 6.45) is 3.83. The van der Waals surface area contributed by atoms with Crippen LogP contribution in [0.25, 0.3) is 0 Å². The minimum absolute atomic E-state index is 0.0373. The number of ether oxygens (including phenoxy) is 2. The fraction of sp³-hybridized carbons (Fsp3) is 0.421. The van der Waals surface area contributed by atoms with Crippen LogP contribution in [0.4, 0.5) is 0 Å². The number of aromatic nitrogens is 2. The molecule has 1 amide bonds. The summed E-state index contributed by atoms with van der Waals surface area (Å²) in [6, 6.07) is 9.38. The molecule has 1 fully saturated rings. The fourth-order valence-corrected chi connectivity index (χ4v) is 3.06. The maximum atomic E-state index is 12.7. The molecule has 1 aliphatic heterocycles. The first-order valence-corrected chi connectivity index (χ1v) is 8.51. The zero-order chi connectivity index (χ0) is 17.6. The minimum atomic E-state index is -0.0373. The van der Waals surface area contributed by atoms with E-state index in [-0.39, 0.29) is 12.0 Å². The Labute approximate surface area is 147 Å². The lowest BCUT2D eigenvalue weighted by atomic mass is 10.1. The monoisotopic (exact) mass is 341 g/mol. The second kappa shape index (κ2) is 7.96. The van der Waals surface area contributed by atoms with Crippen LogP contribution in [-0.4, -0.2) is 47.1 Å². The number of benzene rings is 1. The van der Waals surface area contributed by atoms with Gasteiger partial charge in [0, 0.05) is 24.4 Å². The van der Waals surface area contributed by atoms with Gasteiger partial charge >= 0.3 is 0 Å². The van der Waals surface area contributed by atoms with E-state index < -0.39 is 0 Å². The summed E-state index contributed by atoms with van der Waals surface area (Å²) in [7, 11) is 1.62. The van der Waals surface area contributed by atoms with Gasteiger partial charge in [-0.2, -0.15) is 4.98 Å². The van der Waals surface area contributed by atoms with Crippen LogP contribution in [0.5, 0.6) is 11.6 Å². The molecule has 0 saturated carbocycles. The number of piperidine rings is 1. The average molecular weight is 341 g/mol. The van der Waals surface area contributed by atoms with E-state index in [9.17, 15) is 4.79 Å². The molecule has 1 unspecified atom stereocenters. The Morgan fingerprint density at radius 1 is 1.32 bits per heavy atom. The lowest BCUT2D eigenvalue weighted by molar-refractivity contribution is -0.133. The van der Waals surface area contributed by atoms with E-state index in [2.05, 4.69) is 9.97 Å². The molecule has 0 bridgehead atoms. The summed E-state index contributed by atoms with van der Waals surface area (Å²) in [4.78, 5) is 22.9. The normalized spacial score (nSPS) is 17.2. The van der Waals surface area contributed by atoms with Gasteiger partial charge in [0.15, 0.2) is 0 Å². The summed E-state index contributed by atoms with van der Waals surface area (Å²) in [5.74, 6) is 2.09. The number of carbonyl (C=O) groups is 1. The Bertz CT molecular complexity index is 735. The third kappa shape index (κ3) is 4.47. The zero-order valence-electron chi connectivity index (χ0n) is 14.6. The van der Waals surface area contributed by atoms with Crippen molar-refractivity contribution in [1.29, 1.82) is 0 Å². The van der Waals surface area contributed by atoms with Gasteiger partial charge in [0.05, 0.1) is 20.1 Å². The Balaban J connectivity index is 1.61. The molecule has 0 spiro atoms. The quantitative estimate of drug-likeness (QED) is 0.836. The van der Waals surface area contributed by atoms with Crippen molar-refractivity contribution < 1.29 is 14.3 Å². The first-order valence-electron chi connectivity index (χ1n) is 8.51. The van der Waals surface area contributed by atoms with E-state index in [0.717, 1.165) is 30.7 Å². The average Bonchev–Trinajstić information content (AvgIpc) is 2.62. The molecule has 0 radical (unpaired) electrons. The molecule has 2 aromatic rings. The predicted octanol–water partition coefficient (Wildman–Crippen LogP) is 2.41. The van der Waals surface area contributed by atoms with Crippen LogP contribution >= 0.6 is 0 Å². The number of hydrogen-bond acceptors (Lipinski definition) is 5. The maximum absolute atomic E-state index is 12.7. The van der Waals surface area contributed by atoms with E-state index in [4.69, 9.17) is 9.47 Å². The van der Waals surface area contributed by atoms with Crippen molar-refractivity contribution in [3.05, 3.63) is 47.9 Å². The van der Waals surface area contributed by atoms with Crippen LogP contribution in [0.15, 0.2) is 36.5 Å². The lowest BCUT2D eigenvalue weighted by Crippen LogP contribution is -2.45. The summed E-state index contributed by atoms with van der Waals surface area (Å²) in [5, 5.41) is 0. The minimum Gasteiger partial charge on any atom is -0.496 e. The number of aryl methyl sites for hydroxylation is 1. The Morgan fingerprint density at radius 2 is 2.16 bits per heavy atom. The SMILES string of the molecule is COc1ccccc1CC(=O)N1CCCC(Oc2ccnc(C)n2)C1. The Morgan fingerprint density at radius 3 is 2.96 bits per heavy atom. The van der Waals surface area contributed by atoms with E-state index in [1.807, 2.05) is 36.1 Å². The molecule has 0 N–H and O–H groups in total. The van der Waals surface area contributed by atoms with Crippen molar-refractivity contribution in [2.45, 2.75) is 32.3 Å².